The fraction of sp³-hybridized carbons (Fsp3) is 0.438. The number of H-pyrrole nitrogens is 1. The molecule has 4 heteroatoms. The second-order valence-corrected chi connectivity index (χ2v) is 5.14. The molecule has 0 radical (unpaired) electrons. The Morgan fingerprint density at radius 3 is 2.90 bits per heavy atom. The van der Waals surface area contributed by atoms with E-state index in [-0.39, 0.29) is 5.97 Å². The lowest BCUT2D eigenvalue weighted by molar-refractivity contribution is 0.0520. The van der Waals surface area contributed by atoms with Crippen LogP contribution in [0.3, 0.4) is 0 Å². The molecule has 0 unspecified atom stereocenters. The molecule has 0 amide bonds. The normalized spacial score (nSPS) is 16.4. The maximum Gasteiger partial charge on any atom is 0.354 e. The van der Waals surface area contributed by atoms with Crippen LogP contribution < -0.4 is 0 Å². The molecule has 1 N–H and O–H groups in total. The Morgan fingerprint density at radius 1 is 1.35 bits per heavy atom. The first-order chi connectivity index (χ1) is 9.78. The van der Waals surface area contributed by atoms with Crippen molar-refractivity contribution in [3.63, 3.8) is 0 Å². The van der Waals surface area contributed by atoms with E-state index < -0.39 is 0 Å². The minimum Gasteiger partial charge on any atom is -0.461 e. The Bertz CT molecular complexity index is 611. The van der Waals surface area contributed by atoms with Crippen LogP contribution in [-0.2, 0) is 9.47 Å². The van der Waals surface area contributed by atoms with E-state index in [0.29, 0.717) is 18.2 Å². The van der Waals surface area contributed by atoms with Crippen molar-refractivity contribution in [2.45, 2.75) is 25.7 Å². The molecule has 20 heavy (non-hydrogen) atoms. The summed E-state index contributed by atoms with van der Waals surface area (Å²) in [6, 6.07) is 8.23. The first-order valence-electron chi connectivity index (χ1n) is 7.15. The van der Waals surface area contributed by atoms with Crippen LogP contribution >= 0.6 is 0 Å². The number of ether oxygens (including phenoxy) is 2. The second-order valence-electron chi connectivity index (χ2n) is 5.14. The van der Waals surface area contributed by atoms with Gasteiger partial charge in [0.2, 0.25) is 0 Å². The predicted molar refractivity (Wildman–Crippen MR) is 77.0 cm³/mol. The lowest BCUT2D eigenvalue weighted by Crippen LogP contribution is -2.13. The summed E-state index contributed by atoms with van der Waals surface area (Å²) in [5.41, 5.74) is 2.82. The van der Waals surface area contributed by atoms with Crippen molar-refractivity contribution < 1.29 is 14.3 Å². The van der Waals surface area contributed by atoms with E-state index in [1.54, 1.807) is 0 Å². The van der Waals surface area contributed by atoms with Gasteiger partial charge in [-0.3, -0.25) is 0 Å². The zero-order valence-electron chi connectivity index (χ0n) is 11.6. The average molecular weight is 273 g/mol. The molecular weight excluding hydrogens is 254 g/mol. The molecule has 0 saturated carbocycles. The van der Waals surface area contributed by atoms with Gasteiger partial charge in [0.15, 0.2) is 0 Å². The van der Waals surface area contributed by atoms with E-state index in [1.807, 2.05) is 19.1 Å². The molecule has 0 aliphatic carbocycles. The standard InChI is InChI=1S/C16H19NO3/c1-2-20-16(18)15-10-13-9-12(3-4-14(13)17-15)11-5-7-19-8-6-11/h3-4,9-11,17H,2,5-8H2,1H3. The van der Waals surface area contributed by atoms with Gasteiger partial charge in [-0.05, 0) is 49.4 Å². The summed E-state index contributed by atoms with van der Waals surface area (Å²) in [6.45, 7) is 3.87. The highest BCUT2D eigenvalue weighted by Crippen LogP contribution is 2.29. The molecule has 4 nitrogen and oxygen atoms in total. The number of nitrogens with one attached hydrogen (secondary N) is 1. The van der Waals surface area contributed by atoms with Crippen LogP contribution in [0.4, 0.5) is 0 Å². The van der Waals surface area contributed by atoms with Gasteiger partial charge in [-0.1, -0.05) is 6.07 Å². The van der Waals surface area contributed by atoms with Crippen LogP contribution in [0.25, 0.3) is 10.9 Å². The van der Waals surface area contributed by atoms with Crippen molar-refractivity contribution in [2.75, 3.05) is 19.8 Å². The highest BCUT2D eigenvalue weighted by atomic mass is 16.5. The van der Waals surface area contributed by atoms with E-state index in [1.165, 1.54) is 5.56 Å². The van der Waals surface area contributed by atoms with Crippen LogP contribution in [0.2, 0.25) is 0 Å². The van der Waals surface area contributed by atoms with Gasteiger partial charge in [-0.25, -0.2) is 4.79 Å². The summed E-state index contributed by atoms with van der Waals surface area (Å²) in [5, 5.41) is 1.07. The third-order valence-corrected chi connectivity index (χ3v) is 3.83. The third kappa shape index (κ3) is 2.56. The highest BCUT2D eigenvalue weighted by molar-refractivity contribution is 5.95. The Morgan fingerprint density at radius 2 is 2.15 bits per heavy atom. The van der Waals surface area contributed by atoms with Crippen molar-refractivity contribution in [1.29, 1.82) is 0 Å². The number of aromatic amines is 1. The first-order valence-corrected chi connectivity index (χ1v) is 7.15. The molecule has 0 bridgehead atoms. The smallest absolute Gasteiger partial charge is 0.354 e. The Kier molecular flexibility index (Phi) is 3.74. The zero-order chi connectivity index (χ0) is 13.9. The molecule has 1 aliphatic rings. The number of hydrogen-bond acceptors (Lipinski definition) is 3. The number of esters is 1. The van der Waals surface area contributed by atoms with E-state index in [9.17, 15) is 4.79 Å². The highest BCUT2D eigenvalue weighted by Gasteiger charge is 2.17. The topological polar surface area (TPSA) is 51.3 Å². The lowest BCUT2D eigenvalue weighted by atomic mass is 9.91. The SMILES string of the molecule is CCOC(=O)c1cc2cc(C3CCOCC3)ccc2[nH]1. The molecule has 2 heterocycles. The van der Waals surface area contributed by atoms with Crippen LogP contribution in [0.15, 0.2) is 24.3 Å². The van der Waals surface area contributed by atoms with E-state index in [0.717, 1.165) is 37.0 Å². The minimum atomic E-state index is -0.295. The van der Waals surface area contributed by atoms with E-state index in [4.69, 9.17) is 9.47 Å². The molecule has 1 saturated heterocycles. The molecule has 1 fully saturated rings. The molecular formula is C16H19NO3. The number of aromatic nitrogens is 1. The third-order valence-electron chi connectivity index (χ3n) is 3.83. The summed E-state index contributed by atoms with van der Waals surface area (Å²) < 4.78 is 10.4. The number of carbonyl (C=O) groups is 1. The summed E-state index contributed by atoms with van der Waals surface area (Å²) in [6.07, 6.45) is 2.14. The van der Waals surface area contributed by atoms with Crippen molar-refractivity contribution in [2.24, 2.45) is 0 Å². The lowest BCUT2D eigenvalue weighted by Gasteiger charge is -2.22. The van der Waals surface area contributed by atoms with Gasteiger partial charge in [0.25, 0.3) is 0 Å². The summed E-state index contributed by atoms with van der Waals surface area (Å²) >= 11 is 0. The van der Waals surface area contributed by atoms with Gasteiger partial charge >= 0.3 is 5.97 Å². The van der Waals surface area contributed by atoms with Crippen LogP contribution in [0.1, 0.15) is 41.7 Å². The Hall–Kier alpha value is -1.81. The van der Waals surface area contributed by atoms with Crippen molar-refractivity contribution in [1.82, 2.24) is 4.98 Å². The predicted octanol–water partition coefficient (Wildman–Crippen LogP) is 3.24. The maximum atomic E-state index is 11.7. The van der Waals surface area contributed by atoms with Crippen LogP contribution in [-0.4, -0.2) is 30.8 Å². The average Bonchev–Trinajstić information content (AvgIpc) is 2.91. The molecule has 1 aromatic carbocycles. The fourth-order valence-corrected chi connectivity index (χ4v) is 2.75. The van der Waals surface area contributed by atoms with Gasteiger partial charge in [-0.2, -0.15) is 0 Å². The quantitative estimate of drug-likeness (QED) is 0.873. The molecule has 1 aromatic heterocycles. The number of benzene rings is 1. The first kappa shape index (κ1) is 13.2. The molecule has 3 rings (SSSR count). The number of carbonyl (C=O) groups excluding carboxylic acids is 1. The fourth-order valence-electron chi connectivity index (χ4n) is 2.75. The van der Waals surface area contributed by atoms with Gasteiger partial charge in [-0.15, -0.1) is 0 Å². The van der Waals surface area contributed by atoms with Crippen LogP contribution in [0.5, 0.6) is 0 Å². The Balaban J connectivity index is 1.88. The van der Waals surface area contributed by atoms with Gasteiger partial charge in [0, 0.05) is 24.1 Å². The van der Waals surface area contributed by atoms with Gasteiger partial charge in [0.1, 0.15) is 5.69 Å². The van der Waals surface area contributed by atoms with Gasteiger partial charge < -0.3 is 14.5 Å². The molecule has 0 atom stereocenters. The van der Waals surface area contributed by atoms with Crippen LogP contribution in [0, 0.1) is 0 Å². The van der Waals surface area contributed by atoms with Gasteiger partial charge in [0.05, 0.1) is 6.61 Å². The van der Waals surface area contributed by atoms with Crippen molar-refractivity contribution in [3.8, 4) is 0 Å². The van der Waals surface area contributed by atoms with E-state index in [2.05, 4.69) is 17.1 Å². The minimum absolute atomic E-state index is 0.295. The molecule has 0 spiro atoms. The number of hydrogen-bond donors (Lipinski definition) is 1. The Labute approximate surface area is 118 Å². The molecule has 1 aliphatic heterocycles. The van der Waals surface area contributed by atoms with Crippen molar-refractivity contribution in [3.05, 3.63) is 35.5 Å². The number of fused-ring (bicyclic) bond motifs is 1. The molecule has 2 aromatic rings. The zero-order valence-corrected chi connectivity index (χ0v) is 11.6. The monoisotopic (exact) mass is 273 g/mol. The summed E-state index contributed by atoms with van der Waals surface area (Å²) in [4.78, 5) is 14.8. The summed E-state index contributed by atoms with van der Waals surface area (Å²) in [5.74, 6) is 0.269. The van der Waals surface area contributed by atoms with Crippen molar-refractivity contribution >= 4 is 16.9 Å². The summed E-state index contributed by atoms with van der Waals surface area (Å²) in [7, 11) is 0. The van der Waals surface area contributed by atoms with E-state index >= 15 is 0 Å². The maximum absolute atomic E-state index is 11.7. The number of rotatable bonds is 3. The molecule has 106 valence electrons. The second kappa shape index (κ2) is 5.67. The largest absolute Gasteiger partial charge is 0.461 e.